The van der Waals surface area contributed by atoms with E-state index in [0.717, 1.165) is 37.4 Å². The molecule has 4 nitrogen and oxygen atoms in total. The fourth-order valence-corrected chi connectivity index (χ4v) is 2.80. The zero-order valence-corrected chi connectivity index (χ0v) is 10.6. The molecule has 0 unspecified atom stereocenters. The van der Waals surface area contributed by atoms with Gasteiger partial charge in [0.05, 0.1) is 0 Å². The number of aromatic nitrogens is 2. The summed E-state index contributed by atoms with van der Waals surface area (Å²) in [4.78, 5) is 4.55. The predicted molar refractivity (Wildman–Crippen MR) is 67.1 cm³/mol. The Kier molecular flexibility index (Phi) is 2.72. The third-order valence-corrected chi connectivity index (χ3v) is 4.11. The summed E-state index contributed by atoms with van der Waals surface area (Å²) in [6.45, 7) is 4.25. The second kappa shape index (κ2) is 4.23. The van der Waals surface area contributed by atoms with Gasteiger partial charge in [0.25, 0.3) is 0 Å². The van der Waals surface area contributed by atoms with E-state index in [-0.39, 0.29) is 5.41 Å². The number of nitrogens with zero attached hydrogens (tertiary/aromatic N) is 2. The fourth-order valence-electron chi connectivity index (χ4n) is 2.17. The molecule has 3 heterocycles. The van der Waals surface area contributed by atoms with Crippen molar-refractivity contribution in [3.8, 4) is 11.4 Å². The van der Waals surface area contributed by atoms with Crippen LogP contribution in [-0.4, -0.2) is 23.2 Å². The van der Waals surface area contributed by atoms with E-state index in [9.17, 15) is 0 Å². The number of hydrogen-bond acceptors (Lipinski definition) is 5. The van der Waals surface area contributed by atoms with Crippen LogP contribution >= 0.6 is 11.3 Å². The highest BCUT2D eigenvalue weighted by atomic mass is 32.1. The van der Waals surface area contributed by atoms with E-state index < -0.39 is 0 Å². The van der Waals surface area contributed by atoms with E-state index in [2.05, 4.69) is 22.4 Å². The van der Waals surface area contributed by atoms with Crippen LogP contribution in [0, 0.1) is 0 Å². The lowest BCUT2D eigenvalue weighted by molar-refractivity contribution is 0.241. The summed E-state index contributed by atoms with van der Waals surface area (Å²) < 4.78 is 5.45. The molecule has 0 bridgehead atoms. The molecule has 0 aromatic carbocycles. The van der Waals surface area contributed by atoms with Crippen LogP contribution in [0.25, 0.3) is 11.4 Å². The number of piperidine rings is 1. The first-order valence-corrected chi connectivity index (χ1v) is 6.80. The van der Waals surface area contributed by atoms with Gasteiger partial charge in [0, 0.05) is 16.4 Å². The van der Waals surface area contributed by atoms with Crippen molar-refractivity contribution >= 4 is 11.3 Å². The number of thiophene rings is 1. The monoisotopic (exact) mass is 249 g/mol. The summed E-state index contributed by atoms with van der Waals surface area (Å²) >= 11 is 1.65. The van der Waals surface area contributed by atoms with Gasteiger partial charge < -0.3 is 9.84 Å². The number of nitrogens with one attached hydrogen (secondary N) is 1. The summed E-state index contributed by atoms with van der Waals surface area (Å²) in [6, 6.07) is 2.02. The van der Waals surface area contributed by atoms with Gasteiger partial charge in [-0.15, -0.1) is 0 Å². The maximum atomic E-state index is 5.45. The summed E-state index contributed by atoms with van der Waals surface area (Å²) in [5.74, 6) is 1.49. The Morgan fingerprint density at radius 2 is 2.24 bits per heavy atom. The van der Waals surface area contributed by atoms with Crippen molar-refractivity contribution in [3.05, 3.63) is 22.7 Å². The van der Waals surface area contributed by atoms with Gasteiger partial charge in [0.2, 0.25) is 11.7 Å². The first-order chi connectivity index (χ1) is 8.28. The smallest absolute Gasteiger partial charge is 0.232 e. The minimum atomic E-state index is 0.0342. The molecule has 2 aromatic rings. The Morgan fingerprint density at radius 3 is 2.94 bits per heavy atom. The topological polar surface area (TPSA) is 51.0 Å². The van der Waals surface area contributed by atoms with E-state index in [1.807, 2.05) is 16.8 Å². The molecule has 0 radical (unpaired) electrons. The van der Waals surface area contributed by atoms with Gasteiger partial charge in [-0.2, -0.15) is 16.3 Å². The maximum Gasteiger partial charge on any atom is 0.232 e. The third-order valence-electron chi connectivity index (χ3n) is 3.43. The molecular weight excluding hydrogens is 234 g/mol. The van der Waals surface area contributed by atoms with Gasteiger partial charge in [-0.05, 0) is 37.4 Å². The van der Waals surface area contributed by atoms with Crippen LogP contribution in [0.15, 0.2) is 21.3 Å². The van der Waals surface area contributed by atoms with Crippen molar-refractivity contribution in [2.75, 3.05) is 13.1 Å². The summed E-state index contributed by atoms with van der Waals surface area (Å²) in [5, 5.41) is 11.5. The van der Waals surface area contributed by atoms with Crippen LogP contribution in [0.3, 0.4) is 0 Å². The van der Waals surface area contributed by atoms with Crippen LogP contribution in [-0.2, 0) is 5.41 Å². The Bertz CT molecular complexity index is 486. The quantitative estimate of drug-likeness (QED) is 0.888. The Balaban J connectivity index is 1.89. The molecule has 0 saturated carbocycles. The highest BCUT2D eigenvalue weighted by Gasteiger charge is 2.34. The molecule has 1 N–H and O–H groups in total. The molecule has 2 aromatic heterocycles. The highest BCUT2D eigenvalue weighted by Crippen LogP contribution is 2.32. The minimum absolute atomic E-state index is 0.0342. The van der Waals surface area contributed by atoms with Crippen molar-refractivity contribution in [2.45, 2.75) is 25.2 Å². The maximum absolute atomic E-state index is 5.45. The Labute approximate surface area is 104 Å². The Morgan fingerprint density at radius 1 is 1.41 bits per heavy atom. The molecule has 1 fully saturated rings. The molecule has 1 saturated heterocycles. The molecule has 0 spiro atoms. The van der Waals surface area contributed by atoms with Gasteiger partial charge in [-0.3, -0.25) is 0 Å². The molecule has 90 valence electrons. The lowest BCUT2D eigenvalue weighted by Crippen LogP contribution is -2.37. The lowest BCUT2D eigenvalue weighted by atomic mass is 9.81. The van der Waals surface area contributed by atoms with E-state index >= 15 is 0 Å². The fraction of sp³-hybridized carbons (Fsp3) is 0.500. The van der Waals surface area contributed by atoms with Gasteiger partial charge >= 0.3 is 0 Å². The highest BCUT2D eigenvalue weighted by molar-refractivity contribution is 7.08. The van der Waals surface area contributed by atoms with Crippen molar-refractivity contribution < 1.29 is 4.52 Å². The van der Waals surface area contributed by atoms with Crippen molar-refractivity contribution in [1.82, 2.24) is 15.5 Å². The van der Waals surface area contributed by atoms with E-state index in [4.69, 9.17) is 4.52 Å². The van der Waals surface area contributed by atoms with Crippen LogP contribution in [0.1, 0.15) is 25.7 Å². The molecular formula is C12H15N3OS. The Hall–Kier alpha value is -1.20. The summed E-state index contributed by atoms with van der Waals surface area (Å²) in [5.41, 5.74) is 1.08. The average molecular weight is 249 g/mol. The molecule has 5 heteroatoms. The molecule has 1 aliphatic rings. The van der Waals surface area contributed by atoms with Crippen LogP contribution in [0.2, 0.25) is 0 Å². The molecule has 0 atom stereocenters. The molecule has 0 aliphatic carbocycles. The van der Waals surface area contributed by atoms with Crippen molar-refractivity contribution in [1.29, 1.82) is 0 Å². The zero-order chi connectivity index (χ0) is 11.7. The zero-order valence-electron chi connectivity index (χ0n) is 9.77. The van der Waals surface area contributed by atoms with Gasteiger partial charge in [-0.25, -0.2) is 0 Å². The molecule has 3 rings (SSSR count). The van der Waals surface area contributed by atoms with Gasteiger partial charge in [-0.1, -0.05) is 12.1 Å². The van der Waals surface area contributed by atoms with E-state index in [1.54, 1.807) is 11.3 Å². The normalized spacial score (nSPS) is 19.4. The molecule has 1 aliphatic heterocycles. The van der Waals surface area contributed by atoms with Gasteiger partial charge in [0.1, 0.15) is 0 Å². The first-order valence-electron chi connectivity index (χ1n) is 5.85. The van der Waals surface area contributed by atoms with E-state index in [0.29, 0.717) is 5.82 Å². The molecule has 17 heavy (non-hydrogen) atoms. The van der Waals surface area contributed by atoms with Crippen LogP contribution in [0.4, 0.5) is 0 Å². The molecule has 0 amide bonds. The predicted octanol–water partition coefficient (Wildman–Crippen LogP) is 2.44. The number of rotatable bonds is 2. The van der Waals surface area contributed by atoms with Gasteiger partial charge in [0.15, 0.2) is 0 Å². The standard InChI is InChI=1S/C12H15N3OS/c1-12(3-5-13-6-4-12)11-14-10(15-16-11)9-2-7-17-8-9/h2,7-8,13H,3-6H2,1H3. The summed E-state index contributed by atoms with van der Waals surface area (Å²) in [6.07, 6.45) is 2.11. The SMILES string of the molecule is CC1(c2nc(-c3ccsc3)no2)CCNCC1. The van der Waals surface area contributed by atoms with Crippen LogP contribution in [0.5, 0.6) is 0 Å². The van der Waals surface area contributed by atoms with Crippen molar-refractivity contribution in [2.24, 2.45) is 0 Å². The number of hydrogen-bond donors (Lipinski definition) is 1. The van der Waals surface area contributed by atoms with E-state index in [1.165, 1.54) is 0 Å². The average Bonchev–Trinajstić information content (AvgIpc) is 3.01. The van der Waals surface area contributed by atoms with Crippen molar-refractivity contribution in [3.63, 3.8) is 0 Å². The second-order valence-corrected chi connectivity index (χ2v) is 5.53. The van der Waals surface area contributed by atoms with Crippen LogP contribution < -0.4 is 5.32 Å². The minimum Gasteiger partial charge on any atom is -0.338 e. The third kappa shape index (κ3) is 2.00. The first kappa shape index (κ1) is 10.9. The lowest BCUT2D eigenvalue weighted by Gasteiger charge is -2.30. The largest absolute Gasteiger partial charge is 0.338 e. The summed E-state index contributed by atoms with van der Waals surface area (Å²) in [7, 11) is 0. The second-order valence-electron chi connectivity index (χ2n) is 4.75.